The SMILES string of the molecule is CC(C)(C)OC(=O)NCCNC(=O)C1CCCN(C(=O)CCCNC(=O)c2ccc(F)cc2F)C1. The Morgan fingerprint density at radius 1 is 1.06 bits per heavy atom. The molecule has 11 heteroatoms. The fraction of sp³-hybridized carbons (Fsp3) is 0.583. The minimum Gasteiger partial charge on any atom is -0.444 e. The molecular weight excluding hydrogens is 462 g/mol. The summed E-state index contributed by atoms with van der Waals surface area (Å²) in [4.78, 5) is 50.3. The van der Waals surface area contributed by atoms with E-state index in [9.17, 15) is 28.0 Å². The van der Waals surface area contributed by atoms with E-state index in [0.29, 0.717) is 38.4 Å². The predicted molar refractivity (Wildman–Crippen MR) is 124 cm³/mol. The molecule has 9 nitrogen and oxygen atoms in total. The van der Waals surface area contributed by atoms with E-state index in [4.69, 9.17) is 4.74 Å². The molecule has 1 fully saturated rings. The van der Waals surface area contributed by atoms with Crippen molar-refractivity contribution in [1.29, 1.82) is 0 Å². The smallest absolute Gasteiger partial charge is 0.407 e. The summed E-state index contributed by atoms with van der Waals surface area (Å²) in [5.74, 6) is -3.04. The molecule has 0 spiro atoms. The molecule has 1 saturated heterocycles. The van der Waals surface area contributed by atoms with Gasteiger partial charge in [-0.05, 0) is 52.2 Å². The van der Waals surface area contributed by atoms with Gasteiger partial charge >= 0.3 is 6.09 Å². The first-order chi connectivity index (χ1) is 16.5. The molecule has 1 aromatic rings. The molecule has 0 saturated carbocycles. The zero-order chi connectivity index (χ0) is 26.0. The second-order valence-corrected chi connectivity index (χ2v) is 9.38. The predicted octanol–water partition coefficient (Wildman–Crippen LogP) is 2.35. The van der Waals surface area contributed by atoms with Crippen molar-refractivity contribution in [3.8, 4) is 0 Å². The van der Waals surface area contributed by atoms with Crippen molar-refractivity contribution in [3.05, 3.63) is 35.4 Å². The molecule has 0 radical (unpaired) electrons. The van der Waals surface area contributed by atoms with Crippen LogP contribution in [0.5, 0.6) is 0 Å². The van der Waals surface area contributed by atoms with E-state index in [1.54, 1.807) is 25.7 Å². The first-order valence-corrected chi connectivity index (χ1v) is 11.7. The molecule has 3 N–H and O–H groups in total. The number of hydrogen-bond donors (Lipinski definition) is 3. The molecule has 1 atom stereocenters. The molecule has 1 unspecified atom stereocenters. The molecule has 2 rings (SSSR count). The van der Waals surface area contributed by atoms with Crippen LogP contribution in [0.15, 0.2) is 18.2 Å². The van der Waals surface area contributed by atoms with Gasteiger partial charge in [0.05, 0.1) is 11.5 Å². The van der Waals surface area contributed by atoms with Gasteiger partial charge in [0.25, 0.3) is 5.91 Å². The van der Waals surface area contributed by atoms with Crippen LogP contribution >= 0.6 is 0 Å². The molecule has 194 valence electrons. The Morgan fingerprint density at radius 2 is 1.77 bits per heavy atom. The van der Waals surface area contributed by atoms with Crippen LogP contribution in [0, 0.1) is 17.6 Å². The van der Waals surface area contributed by atoms with Crippen LogP contribution in [0.25, 0.3) is 0 Å². The van der Waals surface area contributed by atoms with Gasteiger partial charge in [-0.15, -0.1) is 0 Å². The number of benzene rings is 1. The molecule has 0 bridgehead atoms. The number of rotatable bonds is 9. The lowest BCUT2D eigenvalue weighted by molar-refractivity contribution is -0.135. The van der Waals surface area contributed by atoms with E-state index in [2.05, 4.69) is 16.0 Å². The van der Waals surface area contributed by atoms with E-state index in [0.717, 1.165) is 12.1 Å². The van der Waals surface area contributed by atoms with Crippen LogP contribution in [0.4, 0.5) is 13.6 Å². The second-order valence-electron chi connectivity index (χ2n) is 9.38. The lowest BCUT2D eigenvalue weighted by Crippen LogP contribution is -2.46. The van der Waals surface area contributed by atoms with Gasteiger partial charge in [0.2, 0.25) is 11.8 Å². The summed E-state index contributed by atoms with van der Waals surface area (Å²) in [5, 5.41) is 7.86. The van der Waals surface area contributed by atoms with Crippen LogP contribution in [-0.2, 0) is 14.3 Å². The summed E-state index contributed by atoms with van der Waals surface area (Å²) >= 11 is 0. The van der Waals surface area contributed by atoms with E-state index in [1.807, 2.05) is 0 Å². The number of carbonyl (C=O) groups excluding carboxylic acids is 4. The van der Waals surface area contributed by atoms with Gasteiger partial charge in [-0.2, -0.15) is 0 Å². The zero-order valence-corrected chi connectivity index (χ0v) is 20.4. The average Bonchev–Trinajstić information content (AvgIpc) is 2.78. The van der Waals surface area contributed by atoms with E-state index in [-0.39, 0.29) is 49.4 Å². The number of hydrogen-bond acceptors (Lipinski definition) is 5. The number of likely N-dealkylation sites (tertiary alicyclic amines) is 1. The molecule has 35 heavy (non-hydrogen) atoms. The van der Waals surface area contributed by atoms with E-state index >= 15 is 0 Å². The van der Waals surface area contributed by atoms with Crippen molar-refractivity contribution in [2.75, 3.05) is 32.7 Å². The van der Waals surface area contributed by atoms with E-state index in [1.165, 1.54) is 0 Å². The third-order valence-corrected chi connectivity index (χ3v) is 5.27. The maximum absolute atomic E-state index is 13.7. The van der Waals surface area contributed by atoms with Gasteiger partial charge in [-0.25, -0.2) is 13.6 Å². The number of nitrogens with one attached hydrogen (secondary N) is 3. The summed E-state index contributed by atoms with van der Waals surface area (Å²) < 4.78 is 31.7. The summed E-state index contributed by atoms with van der Waals surface area (Å²) in [6.07, 6.45) is 1.31. The van der Waals surface area contributed by atoms with Crippen molar-refractivity contribution in [3.63, 3.8) is 0 Å². The number of piperidine rings is 1. The van der Waals surface area contributed by atoms with Crippen LogP contribution in [0.1, 0.15) is 56.8 Å². The van der Waals surface area contributed by atoms with E-state index < -0.39 is 29.2 Å². The molecule has 4 amide bonds. The molecule has 0 aromatic heterocycles. The van der Waals surface area contributed by atoms with Crippen molar-refractivity contribution in [2.24, 2.45) is 5.92 Å². The molecule has 1 aliphatic heterocycles. The topological polar surface area (TPSA) is 117 Å². The number of nitrogens with zero attached hydrogens (tertiary/aromatic N) is 1. The zero-order valence-electron chi connectivity index (χ0n) is 20.4. The Kier molecular flexibility index (Phi) is 10.4. The Labute approximate surface area is 203 Å². The third kappa shape index (κ3) is 9.87. The van der Waals surface area contributed by atoms with Gasteiger partial charge < -0.3 is 25.6 Å². The Hall–Kier alpha value is -3.24. The minimum absolute atomic E-state index is 0.128. The summed E-state index contributed by atoms with van der Waals surface area (Å²) in [6.45, 7) is 6.76. The van der Waals surface area contributed by atoms with Crippen molar-refractivity contribution in [2.45, 2.75) is 52.1 Å². The fourth-order valence-electron chi connectivity index (χ4n) is 3.59. The highest BCUT2D eigenvalue weighted by Gasteiger charge is 2.28. The van der Waals surface area contributed by atoms with Crippen molar-refractivity contribution in [1.82, 2.24) is 20.9 Å². The average molecular weight is 497 g/mol. The third-order valence-electron chi connectivity index (χ3n) is 5.27. The van der Waals surface area contributed by atoms with Gasteiger partial charge in [0.1, 0.15) is 17.2 Å². The van der Waals surface area contributed by atoms with Gasteiger partial charge in [0, 0.05) is 45.2 Å². The Balaban J connectivity index is 1.67. The maximum atomic E-state index is 13.7. The first kappa shape index (κ1) is 28.0. The molecular formula is C24H34F2N4O5. The van der Waals surface area contributed by atoms with Gasteiger partial charge in [0.15, 0.2) is 0 Å². The number of ether oxygens (including phenoxy) is 1. The van der Waals surface area contributed by atoms with Gasteiger partial charge in [-0.1, -0.05) is 0 Å². The van der Waals surface area contributed by atoms with Crippen molar-refractivity contribution < 1.29 is 32.7 Å². The quantitative estimate of drug-likeness (QED) is 0.454. The fourth-order valence-corrected chi connectivity index (χ4v) is 3.59. The number of amides is 4. The summed E-state index contributed by atoms with van der Waals surface area (Å²) in [6, 6.07) is 2.71. The standard InChI is InChI=1S/C24H34F2N4O5/c1-24(2,3)35-23(34)29-12-11-28-21(32)16-6-5-13-30(15-16)20(31)7-4-10-27-22(33)18-9-8-17(25)14-19(18)26/h8-9,14,16H,4-7,10-13,15H2,1-3H3,(H,27,33)(H,28,32)(H,29,34). The van der Waals surface area contributed by atoms with Crippen LogP contribution < -0.4 is 16.0 Å². The largest absolute Gasteiger partial charge is 0.444 e. The lowest BCUT2D eigenvalue weighted by Gasteiger charge is -2.32. The molecule has 1 heterocycles. The van der Waals surface area contributed by atoms with Crippen LogP contribution in [0.3, 0.4) is 0 Å². The Bertz CT molecular complexity index is 920. The highest BCUT2D eigenvalue weighted by Crippen LogP contribution is 2.18. The van der Waals surface area contributed by atoms with Gasteiger partial charge in [-0.3, -0.25) is 14.4 Å². The number of carbonyl (C=O) groups is 4. The normalized spacial score (nSPS) is 15.8. The first-order valence-electron chi connectivity index (χ1n) is 11.7. The monoisotopic (exact) mass is 496 g/mol. The molecule has 1 aromatic carbocycles. The lowest BCUT2D eigenvalue weighted by atomic mass is 9.96. The van der Waals surface area contributed by atoms with Crippen LogP contribution in [-0.4, -0.2) is 67.0 Å². The minimum atomic E-state index is -0.947. The number of halogens is 2. The van der Waals surface area contributed by atoms with Crippen LogP contribution in [0.2, 0.25) is 0 Å². The highest BCUT2D eigenvalue weighted by molar-refractivity contribution is 5.94. The highest BCUT2D eigenvalue weighted by atomic mass is 19.1. The summed E-state index contributed by atoms with van der Waals surface area (Å²) in [7, 11) is 0. The number of alkyl carbamates (subject to hydrolysis) is 1. The summed E-state index contributed by atoms with van der Waals surface area (Å²) in [5.41, 5.74) is -0.860. The molecule has 1 aliphatic rings. The maximum Gasteiger partial charge on any atom is 0.407 e. The molecule has 0 aliphatic carbocycles. The Morgan fingerprint density at radius 3 is 2.46 bits per heavy atom. The van der Waals surface area contributed by atoms with Crippen molar-refractivity contribution >= 4 is 23.8 Å². The second kappa shape index (κ2) is 13.0.